The van der Waals surface area contributed by atoms with E-state index in [1.165, 1.54) is 37.1 Å². The highest BCUT2D eigenvalue weighted by Crippen LogP contribution is 2.51. The number of rotatable bonds is 6. The third kappa shape index (κ3) is 6.26. The average molecular weight is 729 g/mol. The number of nitrogens with zero attached hydrogens (tertiary/aromatic N) is 2. The lowest BCUT2D eigenvalue weighted by atomic mass is 9.88. The maximum absolute atomic E-state index is 15.8. The fourth-order valence-corrected chi connectivity index (χ4v) is 7.31. The Hall–Kier alpha value is -5.31. The van der Waals surface area contributed by atoms with Crippen LogP contribution >= 0.6 is 0 Å². The molecule has 0 aromatic heterocycles. The number of nitrogens with two attached hydrogens (primary N) is 1. The minimum Gasteiger partial charge on any atom is -0.496 e. The average Bonchev–Trinajstić information content (AvgIpc) is 3.80. The summed E-state index contributed by atoms with van der Waals surface area (Å²) in [5, 5.41) is 4.03. The zero-order valence-electron chi connectivity index (χ0n) is 27.8. The molecule has 0 radical (unpaired) electrons. The standard InChI is InChI=1S/C37H31F7N4O4/c1-17-10-20(13-22(11-17)37(42,43)44)32-30-9-8-29(48(30)35(49)51-32)26-14-21(36(39,40)41)5-7-24(26)27-15-25(28(38)16-31(27)50-3)23-6-4-19(12-18(23)2)33-46-47-34(45)52-33/h4-7,10-16,29-30,32,34,47H,8-9,45H2,1-3H3/t29-,30-,32+,34?/m0/s1. The Morgan fingerprint density at radius 1 is 0.846 bits per heavy atom. The number of methoxy groups -OCH3 is 1. The van der Waals surface area contributed by atoms with E-state index in [-0.39, 0.29) is 52.3 Å². The Morgan fingerprint density at radius 3 is 2.23 bits per heavy atom. The van der Waals surface area contributed by atoms with Crippen LogP contribution in [0.5, 0.6) is 5.75 Å². The van der Waals surface area contributed by atoms with Gasteiger partial charge in [0.1, 0.15) is 17.7 Å². The molecule has 2 fully saturated rings. The first-order chi connectivity index (χ1) is 24.5. The second-order valence-corrected chi connectivity index (χ2v) is 12.9. The molecule has 3 aliphatic heterocycles. The number of hydrazone groups is 1. The monoisotopic (exact) mass is 728 g/mol. The van der Waals surface area contributed by atoms with Crippen LogP contribution < -0.4 is 15.9 Å². The van der Waals surface area contributed by atoms with Crippen LogP contribution in [0.4, 0.5) is 35.5 Å². The summed E-state index contributed by atoms with van der Waals surface area (Å²) in [5.41, 5.74) is 9.22. The number of ether oxygens (including phenoxy) is 3. The number of hydrogen-bond donors (Lipinski definition) is 2. The van der Waals surface area contributed by atoms with Crippen LogP contribution in [-0.2, 0) is 21.8 Å². The SMILES string of the molecule is COc1cc(F)c(-c2ccc(C3=NNC(N)O3)cc2C)cc1-c1ccc(C(F)(F)F)cc1[C@@H]1CC[C@H]2[C@@H](c3cc(C)cc(C(F)(F)F)c3)OC(=O)N12. The largest absolute Gasteiger partial charge is 0.496 e. The molecule has 1 unspecified atom stereocenters. The molecule has 4 aromatic carbocycles. The molecule has 1 amide bonds. The zero-order valence-corrected chi connectivity index (χ0v) is 27.8. The van der Waals surface area contributed by atoms with Gasteiger partial charge in [0.2, 0.25) is 12.2 Å². The number of hydrogen-bond acceptors (Lipinski definition) is 7. The van der Waals surface area contributed by atoms with Crippen LogP contribution in [-0.4, -0.2) is 36.4 Å². The van der Waals surface area contributed by atoms with Gasteiger partial charge in [0.25, 0.3) is 0 Å². The van der Waals surface area contributed by atoms with Gasteiger partial charge in [0, 0.05) is 22.8 Å². The quantitative estimate of drug-likeness (QED) is 0.193. The number of halogens is 7. The Labute approximate surface area is 293 Å². The Kier molecular flexibility index (Phi) is 8.59. The molecule has 8 nitrogen and oxygen atoms in total. The minimum atomic E-state index is -4.75. The van der Waals surface area contributed by atoms with Gasteiger partial charge in [0.15, 0.2) is 0 Å². The van der Waals surface area contributed by atoms with Crippen LogP contribution in [0.15, 0.2) is 71.8 Å². The van der Waals surface area contributed by atoms with Gasteiger partial charge in [-0.3, -0.25) is 16.1 Å². The number of nitrogens with one attached hydrogen (secondary N) is 1. The molecule has 52 heavy (non-hydrogen) atoms. The van der Waals surface area contributed by atoms with Crippen LogP contribution in [0, 0.1) is 19.7 Å². The predicted molar refractivity (Wildman–Crippen MR) is 175 cm³/mol. The van der Waals surface area contributed by atoms with E-state index in [2.05, 4.69) is 10.5 Å². The first-order valence-electron chi connectivity index (χ1n) is 16.2. The molecule has 2 saturated heterocycles. The van der Waals surface area contributed by atoms with Crippen molar-refractivity contribution in [3.05, 3.63) is 111 Å². The van der Waals surface area contributed by atoms with Gasteiger partial charge in [-0.1, -0.05) is 23.8 Å². The second kappa shape index (κ2) is 12.7. The van der Waals surface area contributed by atoms with Gasteiger partial charge in [-0.05, 0) is 97.0 Å². The van der Waals surface area contributed by atoms with Crippen molar-refractivity contribution in [1.29, 1.82) is 0 Å². The van der Waals surface area contributed by atoms with E-state index in [4.69, 9.17) is 19.9 Å². The lowest BCUT2D eigenvalue weighted by molar-refractivity contribution is -0.138. The molecule has 3 heterocycles. The number of carbonyl (C=O) groups excluding carboxylic acids is 1. The minimum absolute atomic E-state index is 0.0289. The van der Waals surface area contributed by atoms with E-state index < -0.39 is 59.9 Å². The van der Waals surface area contributed by atoms with Crippen molar-refractivity contribution in [2.75, 3.05) is 7.11 Å². The summed E-state index contributed by atoms with van der Waals surface area (Å²) in [6, 6.07) is 12.4. The van der Waals surface area contributed by atoms with E-state index in [1.807, 2.05) is 0 Å². The van der Waals surface area contributed by atoms with Crippen LogP contribution in [0.2, 0.25) is 0 Å². The van der Waals surface area contributed by atoms with Crippen molar-refractivity contribution in [3.8, 4) is 28.0 Å². The third-order valence-electron chi connectivity index (χ3n) is 9.59. The van der Waals surface area contributed by atoms with Gasteiger partial charge < -0.3 is 14.2 Å². The van der Waals surface area contributed by atoms with Gasteiger partial charge in [-0.2, -0.15) is 26.3 Å². The number of amides is 1. The molecule has 7 rings (SSSR count). The Morgan fingerprint density at radius 2 is 1.58 bits per heavy atom. The van der Waals surface area contributed by atoms with Crippen molar-refractivity contribution < 1.29 is 49.7 Å². The van der Waals surface area contributed by atoms with Crippen molar-refractivity contribution in [3.63, 3.8) is 0 Å². The van der Waals surface area contributed by atoms with E-state index in [1.54, 1.807) is 25.1 Å². The van der Waals surface area contributed by atoms with Gasteiger partial charge in [0.05, 0.1) is 30.3 Å². The number of fused-ring (bicyclic) bond motifs is 1. The molecule has 15 heteroatoms. The molecule has 3 aliphatic rings. The van der Waals surface area contributed by atoms with Crippen LogP contribution in [0.25, 0.3) is 22.3 Å². The Balaban J connectivity index is 1.32. The number of alkyl halides is 6. The maximum atomic E-state index is 15.8. The predicted octanol–water partition coefficient (Wildman–Crippen LogP) is 8.74. The van der Waals surface area contributed by atoms with E-state index in [0.717, 1.165) is 30.3 Å². The van der Waals surface area contributed by atoms with Crippen molar-refractivity contribution in [2.24, 2.45) is 10.8 Å². The van der Waals surface area contributed by atoms with Crippen molar-refractivity contribution >= 4 is 12.0 Å². The fraction of sp³-hybridized carbons (Fsp3) is 0.297. The summed E-state index contributed by atoms with van der Waals surface area (Å²) in [7, 11) is 1.30. The molecule has 0 aliphatic carbocycles. The number of benzene rings is 4. The molecule has 4 aromatic rings. The lowest BCUT2D eigenvalue weighted by Crippen LogP contribution is -2.31. The first-order valence-corrected chi connectivity index (χ1v) is 16.2. The highest BCUT2D eigenvalue weighted by Gasteiger charge is 2.51. The molecule has 0 spiro atoms. The normalized spacial score (nSPS) is 21.4. The molecule has 0 bridgehead atoms. The fourth-order valence-electron chi connectivity index (χ4n) is 7.31. The summed E-state index contributed by atoms with van der Waals surface area (Å²) in [6.45, 7) is 3.24. The summed E-state index contributed by atoms with van der Waals surface area (Å²) in [6.07, 6.45) is -11.8. The van der Waals surface area contributed by atoms with E-state index in [0.29, 0.717) is 22.3 Å². The molecular formula is C37H31F7N4O4. The maximum Gasteiger partial charge on any atom is 0.416 e. The first kappa shape index (κ1) is 35.1. The highest BCUT2D eigenvalue weighted by atomic mass is 19.4. The molecule has 0 saturated carbocycles. The number of carbonyl (C=O) groups is 1. The summed E-state index contributed by atoms with van der Waals surface area (Å²) < 4.78 is 116. The molecule has 272 valence electrons. The van der Waals surface area contributed by atoms with Crippen LogP contribution in [0.1, 0.15) is 63.9 Å². The summed E-state index contributed by atoms with van der Waals surface area (Å²) in [4.78, 5) is 14.8. The topological polar surface area (TPSA) is 98.4 Å². The lowest BCUT2D eigenvalue weighted by Gasteiger charge is -2.26. The smallest absolute Gasteiger partial charge is 0.416 e. The summed E-state index contributed by atoms with van der Waals surface area (Å²) >= 11 is 0. The highest BCUT2D eigenvalue weighted by molar-refractivity contribution is 5.96. The van der Waals surface area contributed by atoms with E-state index in [9.17, 15) is 31.1 Å². The van der Waals surface area contributed by atoms with E-state index >= 15 is 4.39 Å². The van der Waals surface area contributed by atoms with Crippen molar-refractivity contribution in [1.82, 2.24) is 10.3 Å². The van der Waals surface area contributed by atoms with Crippen LogP contribution in [0.3, 0.4) is 0 Å². The molecule has 4 atom stereocenters. The molecule has 3 N–H and O–H groups in total. The third-order valence-corrected chi connectivity index (χ3v) is 9.59. The Bertz CT molecular complexity index is 2120. The van der Waals surface area contributed by atoms with Gasteiger partial charge >= 0.3 is 18.4 Å². The number of cyclic esters (lactones) is 1. The van der Waals surface area contributed by atoms with Gasteiger partial charge in [-0.25, -0.2) is 9.18 Å². The second-order valence-electron chi connectivity index (χ2n) is 12.9. The van der Waals surface area contributed by atoms with Gasteiger partial charge in [-0.15, -0.1) is 5.10 Å². The molecular weight excluding hydrogens is 697 g/mol. The van der Waals surface area contributed by atoms with Crippen molar-refractivity contribution in [2.45, 2.75) is 63.6 Å². The number of aryl methyl sites for hydroxylation is 2. The zero-order chi connectivity index (χ0) is 37.3. The summed E-state index contributed by atoms with van der Waals surface area (Å²) in [5.74, 6) is -0.388.